The second-order valence-electron chi connectivity index (χ2n) is 3.84. The van der Waals surface area contributed by atoms with Crippen LogP contribution in [0.3, 0.4) is 0 Å². The van der Waals surface area contributed by atoms with E-state index in [2.05, 4.69) is 10.4 Å². The molecule has 1 aromatic rings. The minimum Gasteiger partial charge on any atom is -0.352 e. The largest absolute Gasteiger partial charge is 0.352 e. The molecular weight excluding hydrogens is 226 g/mol. The Kier molecular flexibility index (Phi) is 5.93. The molecule has 1 amide bonds. The van der Waals surface area contributed by atoms with Crippen LogP contribution in [0.4, 0.5) is 0 Å². The van der Waals surface area contributed by atoms with Crippen molar-refractivity contribution < 1.29 is 4.79 Å². The molecule has 0 radical (unpaired) electrons. The molecule has 0 saturated heterocycles. The molecule has 4 nitrogen and oxygen atoms in total. The van der Waals surface area contributed by atoms with Gasteiger partial charge in [0, 0.05) is 30.7 Å². The molecule has 1 unspecified atom stereocenters. The van der Waals surface area contributed by atoms with E-state index in [4.69, 9.17) is 11.6 Å². The first-order valence-corrected chi connectivity index (χ1v) is 6.08. The number of halogens is 1. The van der Waals surface area contributed by atoms with Crippen molar-refractivity contribution in [3.8, 4) is 0 Å². The van der Waals surface area contributed by atoms with Crippen molar-refractivity contribution in [2.75, 3.05) is 5.88 Å². The van der Waals surface area contributed by atoms with Crippen LogP contribution in [0.1, 0.15) is 26.2 Å². The zero-order chi connectivity index (χ0) is 11.8. The van der Waals surface area contributed by atoms with E-state index in [9.17, 15) is 4.79 Å². The fourth-order valence-corrected chi connectivity index (χ4v) is 1.65. The number of carbonyl (C=O) groups is 1. The van der Waals surface area contributed by atoms with Crippen molar-refractivity contribution in [1.82, 2.24) is 15.1 Å². The van der Waals surface area contributed by atoms with Crippen LogP contribution in [-0.2, 0) is 11.3 Å². The lowest BCUT2D eigenvalue weighted by molar-refractivity contribution is -0.121. The summed E-state index contributed by atoms with van der Waals surface area (Å²) in [5.41, 5.74) is 0. The Labute approximate surface area is 101 Å². The zero-order valence-corrected chi connectivity index (χ0v) is 10.3. The monoisotopic (exact) mass is 243 g/mol. The van der Waals surface area contributed by atoms with Gasteiger partial charge in [-0.15, -0.1) is 11.6 Å². The van der Waals surface area contributed by atoms with Crippen molar-refractivity contribution >= 4 is 17.5 Å². The number of carbonyl (C=O) groups excluding carboxylic acids is 1. The molecule has 0 spiro atoms. The van der Waals surface area contributed by atoms with Crippen LogP contribution in [0, 0.1) is 0 Å². The molecule has 1 rings (SSSR count). The van der Waals surface area contributed by atoms with E-state index in [1.807, 2.05) is 23.9 Å². The highest BCUT2D eigenvalue weighted by Crippen LogP contribution is 1.98. The summed E-state index contributed by atoms with van der Waals surface area (Å²) in [6.07, 6.45) is 5.91. The van der Waals surface area contributed by atoms with Crippen molar-refractivity contribution in [3.05, 3.63) is 18.5 Å². The second-order valence-corrected chi connectivity index (χ2v) is 4.22. The maximum atomic E-state index is 11.5. The number of amides is 1. The van der Waals surface area contributed by atoms with Gasteiger partial charge in [0.2, 0.25) is 5.91 Å². The third kappa shape index (κ3) is 5.16. The van der Waals surface area contributed by atoms with Gasteiger partial charge in [-0.25, -0.2) is 0 Å². The molecule has 1 atom stereocenters. The number of hydrogen-bond donors (Lipinski definition) is 1. The van der Waals surface area contributed by atoms with Crippen LogP contribution in [0.2, 0.25) is 0 Å². The van der Waals surface area contributed by atoms with Crippen molar-refractivity contribution in [2.45, 2.75) is 38.8 Å². The third-order valence-electron chi connectivity index (χ3n) is 2.21. The van der Waals surface area contributed by atoms with Crippen LogP contribution in [0.5, 0.6) is 0 Å². The lowest BCUT2D eigenvalue weighted by Gasteiger charge is -2.13. The van der Waals surface area contributed by atoms with Gasteiger partial charge in [-0.2, -0.15) is 5.10 Å². The summed E-state index contributed by atoms with van der Waals surface area (Å²) in [4.78, 5) is 11.5. The van der Waals surface area contributed by atoms with Crippen molar-refractivity contribution in [2.24, 2.45) is 0 Å². The number of nitrogens with zero attached hydrogens (tertiary/aromatic N) is 2. The standard InChI is InChI=1S/C11H18ClN3O/c1-10(9-15-8-4-7-13-15)14-11(16)5-2-3-6-12/h4,7-8,10H,2-3,5-6,9H2,1H3,(H,14,16). The van der Waals surface area contributed by atoms with E-state index >= 15 is 0 Å². The smallest absolute Gasteiger partial charge is 0.220 e. The van der Waals surface area contributed by atoms with Gasteiger partial charge in [0.05, 0.1) is 6.54 Å². The number of aromatic nitrogens is 2. The van der Waals surface area contributed by atoms with E-state index < -0.39 is 0 Å². The molecule has 1 heterocycles. The lowest BCUT2D eigenvalue weighted by Crippen LogP contribution is -2.35. The van der Waals surface area contributed by atoms with E-state index in [1.54, 1.807) is 6.20 Å². The molecule has 0 aromatic carbocycles. The Bertz CT molecular complexity index is 300. The number of hydrogen-bond acceptors (Lipinski definition) is 2. The van der Waals surface area contributed by atoms with Crippen LogP contribution >= 0.6 is 11.6 Å². The summed E-state index contributed by atoms with van der Waals surface area (Å²) in [7, 11) is 0. The second kappa shape index (κ2) is 7.28. The van der Waals surface area contributed by atoms with E-state index in [0.717, 1.165) is 12.8 Å². The van der Waals surface area contributed by atoms with Crippen LogP contribution < -0.4 is 5.32 Å². The number of alkyl halides is 1. The molecule has 1 N–H and O–H groups in total. The summed E-state index contributed by atoms with van der Waals surface area (Å²) in [6, 6.07) is 1.97. The predicted molar refractivity (Wildman–Crippen MR) is 64.4 cm³/mol. The molecule has 0 bridgehead atoms. The Hall–Kier alpha value is -1.03. The Morgan fingerprint density at radius 1 is 1.56 bits per heavy atom. The summed E-state index contributed by atoms with van der Waals surface area (Å²) in [6.45, 7) is 2.68. The normalized spacial score (nSPS) is 12.4. The average molecular weight is 244 g/mol. The first-order valence-electron chi connectivity index (χ1n) is 5.55. The van der Waals surface area contributed by atoms with Crippen molar-refractivity contribution in [1.29, 1.82) is 0 Å². The van der Waals surface area contributed by atoms with E-state index in [1.165, 1.54) is 0 Å². The molecule has 0 aliphatic heterocycles. The summed E-state index contributed by atoms with van der Waals surface area (Å²) < 4.78 is 1.81. The summed E-state index contributed by atoms with van der Waals surface area (Å²) in [5, 5.41) is 7.02. The molecule has 0 aliphatic rings. The fourth-order valence-electron chi connectivity index (χ4n) is 1.46. The molecule has 90 valence electrons. The minimum atomic E-state index is 0.0878. The average Bonchev–Trinajstić information content (AvgIpc) is 2.70. The molecule has 1 aromatic heterocycles. The first-order chi connectivity index (χ1) is 7.72. The highest BCUT2D eigenvalue weighted by Gasteiger charge is 2.07. The lowest BCUT2D eigenvalue weighted by atomic mass is 10.2. The van der Waals surface area contributed by atoms with Crippen LogP contribution in [-0.4, -0.2) is 27.6 Å². The van der Waals surface area contributed by atoms with Gasteiger partial charge < -0.3 is 5.32 Å². The topological polar surface area (TPSA) is 46.9 Å². The number of unbranched alkanes of at least 4 members (excludes halogenated alkanes) is 1. The number of nitrogens with one attached hydrogen (secondary N) is 1. The summed E-state index contributed by atoms with van der Waals surface area (Å²) >= 11 is 5.54. The highest BCUT2D eigenvalue weighted by molar-refractivity contribution is 6.17. The molecule has 16 heavy (non-hydrogen) atoms. The first kappa shape index (κ1) is 13.0. The Morgan fingerprint density at radius 2 is 2.38 bits per heavy atom. The SMILES string of the molecule is CC(Cn1cccn1)NC(=O)CCCCCl. The maximum absolute atomic E-state index is 11.5. The Morgan fingerprint density at radius 3 is 3.00 bits per heavy atom. The van der Waals surface area contributed by atoms with Gasteiger partial charge in [-0.1, -0.05) is 0 Å². The minimum absolute atomic E-state index is 0.0878. The quantitative estimate of drug-likeness (QED) is 0.586. The third-order valence-corrected chi connectivity index (χ3v) is 2.48. The van der Waals surface area contributed by atoms with Gasteiger partial charge in [0.25, 0.3) is 0 Å². The van der Waals surface area contributed by atoms with E-state index in [0.29, 0.717) is 18.8 Å². The van der Waals surface area contributed by atoms with Gasteiger partial charge in [-0.3, -0.25) is 9.48 Å². The van der Waals surface area contributed by atoms with Crippen LogP contribution in [0.25, 0.3) is 0 Å². The zero-order valence-electron chi connectivity index (χ0n) is 9.53. The molecular formula is C11H18ClN3O. The van der Waals surface area contributed by atoms with Crippen LogP contribution in [0.15, 0.2) is 18.5 Å². The van der Waals surface area contributed by atoms with Gasteiger partial charge in [0.1, 0.15) is 0 Å². The van der Waals surface area contributed by atoms with Gasteiger partial charge in [0.15, 0.2) is 0 Å². The fraction of sp³-hybridized carbons (Fsp3) is 0.636. The van der Waals surface area contributed by atoms with Crippen molar-refractivity contribution in [3.63, 3.8) is 0 Å². The maximum Gasteiger partial charge on any atom is 0.220 e. The predicted octanol–water partition coefficient (Wildman–Crippen LogP) is 1.80. The van der Waals surface area contributed by atoms with Gasteiger partial charge in [-0.05, 0) is 25.8 Å². The number of rotatable bonds is 7. The van der Waals surface area contributed by atoms with E-state index in [-0.39, 0.29) is 11.9 Å². The molecule has 0 fully saturated rings. The molecule has 0 aliphatic carbocycles. The molecule has 5 heteroatoms. The van der Waals surface area contributed by atoms with Gasteiger partial charge >= 0.3 is 0 Å². The highest BCUT2D eigenvalue weighted by atomic mass is 35.5. The summed E-state index contributed by atoms with van der Waals surface area (Å²) in [5.74, 6) is 0.709. The molecule has 0 saturated carbocycles. The Balaban J connectivity index is 2.18.